The number of benzene rings is 2. The number of hydrogen-bond acceptors (Lipinski definition) is 2. The Labute approximate surface area is 120 Å². The molecule has 0 saturated carbocycles. The summed E-state index contributed by atoms with van der Waals surface area (Å²) in [6.45, 7) is 0. The molecule has 0 unspecified atom stereocenters. The molecular weight excluding hydrogens is 314 g/mol. The van der Waals surface area contributed by atoms with E-state index >= 15 is 0 Å². The minimum Gasteiger partial charge on any atom is -0.507 e. The third-order valence-electron chi connectivity index (χ3n) is 2.73. The van der Waals surface area contributed by atoms with Gasteiger partial charge < -0.3 is 9.84 Å². The van der Waals surface area contributed by atoms with Gasteiger partial charge in [-0.1, -0.05) is 18.2 Å². The normalized spacial score (nSPS) is 12.3. The van der Waals surface area contributed by atoms with Crippen LogP contribution in [-0.4, -0.2) is 11.5 Å². The maximum absolute atomic E-state index is 12.5. The van der Waals surface area contributed by atoms with Gasteiger partial charge >= 0.3 is 12.5 Å². The topological polar surface area (TPSA) is 29.5 Å². The van der Waals surface area contributed by atoms with Crippen molar-refractivity contribution in [2.24, 2.45) is 0 Å². The van der Waals surface area contributed by atoms with E-state index in [1.807, 2.05) is 0 Å². The molecule has 22 heavy (non-hydrogen) atoms. The molecule has 1 N–H and O–H groups in total. The summed E-state index contributed by atoms with van der Waals surface area (Å²) < 4.78 is 78.3. The standard InChI is InChI=1S/C14H8F6O2/c15-13(16,17)8-5-6-9(11(21)7-8)10-3-1-2-4-12(10)22-14(18,19)20/h1-7,21H. The fourth-order valence-electron chi connectivity index (χ4n) is 1.84. The molecule has 0 amide bonds. The van der Waals surface area contributed by atoms with E-state index in [9.17, 15) is 31.4 Å². The second-order valence-electron chi connectivity index (χ2n) is 4.27. The second kappa shape index (κ2) is 5.43. The van der Waals surface area contributed by atoms with Gasteiger partial charge in [0, 0.05) is 11.1 Å². The molecule has 2 aromatic rings. The molecule has 0 heterocycles. The first-order valence-corrected chi connectivity index (χ1v) is 5.83. The quantitative estimate of drug-likeness (QED) is 0.791. The average molecular weight is 322 g/mol. The zero-order chi connectivity index (χ0) is 16.5. The Morgan fingerprint density at radius 1 is 0.818 bits per heavy atom. The number of hydrogen-bond donors (Lipinski definition) is 1. The van der Waals surface area contributed by atoms with Gasteiger partial charge in [0.15, 0.2) is 0 Å². The van der Waals surface area contributed by atoms with Crippen molar-refractivity contribution in [3.8, 4) is 22.6 Å². The molecular formula is C14H8F6O2. The highest BCUT2D eigenvalue weighted by Gasteiger charge is 2.33. The first kappa shape index (κ1) is 16.0. The molecule has 0 aliphatic carbocycles. The van der Waals surface area contributed by atoms with E-state index in [4.69, 9.17) is 0 Å². The summed E-state index contributed by atoms with van der Waals surface area (Å²) in [7, 11) is 0. The lowest BCUT2D eigenvalue weighted by atomic mass is 10.0. The van der Waals surface area contributed by atoms with E-state index in [2.05, 4.69) is 4.74 Å². The lowest BCUT2D eigenvalue weighted by molar-refractivity contribution is -0.274. The molecule has 0 aliphatic heterocycles. The average Bonchev–Trinajstić information content (AvgIpc) is 2.37. The number of rotatable bonds is 2. The van der Waals surface area contributed by atoms with E-state index in [1.165, 1.54) is 18.2 Å². The van der Waals surface area contributed by atoms with Gasteiger partial charge in [-0.25, -0.2) is 0 Å². The third kappa shape index (κ3) is 3.63. The third-order valence-corrected chi connectivity index (χ3v) is 2.73. The molecule has 8 heteroatoms. The van der Waals surface area contributed by atoms with Gasteiger partial charge in [-0.3, -0.25) is 0 Å². The predicted molar refractivity (Wildman–Crippen MR) is 65.2 cm³/mol. The van der Waals surface area contributed by atoms with Crippen molar-refractivity contribution in [3.05, 3.63) is 48.0 Å². The number of ether oxygens (including phenoxy) is 1. The summed E-state index contributed by atoms with van der Waals surface area (Å²) >= 11 is 0. The Morgan fingerprint density at radius 2 is 1.45 bits per heavy atom. The number of halogens is 6. The van der Waals surface area contributed by atoms with Crippen LogP contribution in [0.25, 0.3) is 11.1 Å². The van der Waals surface area contributed by atoms with Crippen LogP contribution in [0.2, 0.25) is 0 Å². The van der Waals surface area contributed by atoms with Crippen LogP contribution >= 0.6 is 0 Å². The summed E-state index contributed by atoms with van der Waals surface area (Å²) in [5, 5.41) is 9.69. The van der Waals surface area contributed by atoms with Crippen molar-refractivity contribution in [2.45, 2.75) is 12.5 Å². The van der Waals surface area contributed by atoms with Gasteiger partial charge in [-0.2, -0.15) is 13.2 Å². The van der Waals surface area contributed by atoms with Gasteiger partial charge in [0.05, 0.1) is 5.56 Å². The number of aromatic hydroxyl groups is 1. The largest absolute Gasteiger partial charge is 0.573 e. The molecule has 0 atom stereocenters. The van der Waals surface area contributed by atoms with Crippen molar-refractivity contribution >= 4 is 0 Å². The molecule has 2 aromatic carbocycles. The summed E-state index contributed by atoms with van der Waals surface area (Å²) in [6, 6.07) is 6.83. The Hall–Kier alpha value is -2.38. The van der Waals surface area contributed by atoms with Crippen molar-refractivity contribution < 1.29 is 36.2 Å². The summed E-state index contributed by atoms with van der Waals surface area (Å²) in [5.41, 5.74) is -1.48. The highest BCUT2D eigenvalue weighted by molar-refractivity contribution is 5.75. The Bertz CT molecular complexity index is 676. The lowest BCUT2D eigenvalue weighted by Gasteiger charge is -2.15. The van der Waals surface area contributed by atoms with Gasteiger partial charge in [0.1, 0.15) is 11.5 Å². The van der Waals surface area contributed by atoms with Gasteiger partial charge in [0.2, 0.25) is 0 Å². The fourth-order valence-corrected chi connectivity index (χ4v) is 1.84. The van der Waals surface area contributed by atoms with Crippen LogP contribution in [0.3, 0.4) is 0 Å². The van der Waals surface area contributed by atoms with Crippen LogP contribution in [0.15, 0.2) is 42.5 Å². The van der Waals surface area contributed by atoms with Gasteiger partial charge in [-0.15, -0.1) is 13.2 Å². The van der Waals surface area contributed by atoms with Crippen LogP contribution < -0.4 is 4.74 Å². The zero-order valence-corrected chi connectivity index (χ0v) is 10.7. The molecule has 0 aliphatic rings. The molecule has 0 aromatic heterocycles. The predicted octanol–water partition coefficient (Wildman–Crippen LogP) is 4.98. The van der Waals surface area contributed by atoms with Crippen molar-refractivity contribution in [3.63, 3.8) is 0 Å². The fraction of sp³-hybridized carbons (Fsp3) is 0.143. The first-order chi connectivity index (χ1) is 10.1. The molecule has 2 nitrogen and oxygen atoms in total. The molecule has 0 saturated heterocycles. The molecule has 0 radical (unpaired) electrons. The summed E-state index contributed by atoms with van der Waals surface area (Å²) in [4.78, 5) is 0. The minimum atomic E-state index is -4.96. The lowest BCUT2D eigenvalue weighted by Crippen LogP contribution is -2.17. The van der Waals surface area contributed by atoms with Crippen LogP contribution in [0, 0.1) is 0 Å². The maximum atomic E-state index is 12.5. The zero-order valence-electron chi connectivity index (χ0n) is 10.7. The number of para-hydroxylation sites is 1. The van der Waals surface area contributed by atoms with Crippen LogP contribution in [0.4, 0.5) is 26.3 Å². The van der Waals surface area contributed by atoms with E-state index in [1.54, 1.807) is 0 Å². The smallest absolute Gasteiger partial charge is 0.507 e. The van der Waals surface area contributed by atoms with E-state index in [-0.39, 0.29) is 11.1 Å². The SMILES string of the molecule is Oc1cc(C(F)(F)F)ccc1-c1ccccc1OC(F)(F)F. The Balaban J connectivity index is 2.49. The van der Waals surface area contributed by atoms with Crippen LogP contribution in [0.5, 0.6) is 11.5 Å². The van der Waals surface area contributed by atoms with Crippen molar-refractivity contribution in [1.82, 2.24) is 0 Å². The number of alkyl halides is 6. The van der Waals surface area contributed by atoms with Gasteiger partial charge in [0.25, 0.3) is 0 Å². The number of phenolic OH excluding ortho intramolecular Hbond substituents is 1. The Kier molecular flexibility index (Phi) is 3.95. The molecule has 0 bridgehead atoms. The number of phenols is 1. The van der Waals surface area contributed by atoms with E-state index < -0.39 is 29.6 Å². The summed E-state index contributed by atoms with van der Waals surface area (Å²) in [6.07, 6.45) is -9.63. The Morgan fingerprint density at radius 3 is 2.00 bits per heavy atom. The summed E-state index contributed by atoms with van der Waals surface area (Å²) in [5.74, 6) is -1.42. The first-order valence-electron chi connectivity index (χ1n) is 5.83. The minimum absolute atomic E-state index is 0.175. The monoisotopic (exact) mass is 322 g/mol. The van der Waals surface area contributed by atoms with Gasteiger partial charge in [-0.05, 0) is 24.3 Å². The van der Waals surface area contributed by atoms with Crippen LogP contribution in [0.1, 0.15) is 5.56 Å². The molecule has 0 fully saturated rings. The van der Waals surface area contributed by atoms with E-state index in [0.29, 0.717) is 12.1 Å². The van der Waals surface area contributed by atoms with Crippen molar-refractivity contribution in [1.29, 1.82) is 0 Å². The molecule has 0 spiro atoms. The van der Waals surface area contributed by atoms with Crippen molar-refractivity contribution in [2.75, 3.05) is 0 Å². The highest BCUT2D eigenvalue weighted by Crippen LogP contribution is 2.40. The van der Waals surface area contributed by atoms with E-state index in [0.717, 1.165) is 12.1 Å². The van der Waals surface area contributed by atoms with Crippen LogP contribution in [-0.2, 0) is 6.18 Å². The maximum Gasteiger partial charge on any atom is 0.573 e. The second-order valence-corrected chi connectivity index (χ2v) is 4.27. The molecule has 118 valence electrons. The highest BCUT2D eigenvalue weighted by atomic mass is 19.4. The molecule has 2 rings (SSSR count).